The number of halogens is 3. The third kappa shape index (κ3) is 2.91. The Labute approximate surface area is 118 Å². The van der Waals surface area contributed by atoms with Crippen LogP contribution in [0.2, 0.25) is 0 Å². The number of nitriles is 1. The van der Waals surface area contributed by atoms with Crippen molar-refractivity contribution in [2.45, 2.75) is 13.1 Å². The van der Waals surface area contributed by atoms with E-state index in [-0.39, 0.29) is 30.4 Å². The summed E-state index contributed by atoms with van der Waals surface area (Å²) in [5, 5.41) is 17.8. The van der Waals surface area contributed by atoms with Crippen LogP contribution in [-0.2, 0) is 11.0 Å². The molecule has 2 rings (SSSR count). The number of hydrogen-bond donors (Lipinski definition) is 1. The van der Waals surface area contributed by atoms with Gasteiger partial charge in [0.2, 0.25) is 0 Å². The molecule has 112 valence electrons. The SMILES string of the molecule is CC(C(=O)O)C1CN(c2nc(C(F)(F)F)ccc2C#N)C1. The van der Waals surface area contributed by atoms with Crippen LogP contribution in [0.4, 0.5) is 19.0 Å². The number of alkyl halides is 3. The number of anilines is 1. The van der Waals surface area contributed by atoms with Gasteiger partial charge in [-0.25, -0.2) is 4.98 Å². The van der Waals surface area contributed by atoms with Crippen molar-refractivity contribution < 1.29 is 23.1 Å². The number of carboxylic acid groups (broad SMARTS) is 1. The first-order valence-electron chi connectivity index (χ1n) is 6.20. The third-order valence-corrected chi connectivity index (χ3v) is 3.59. The predicted octanol–water partition coefficient (Wildman–Crippen LogP) is 2.13. The molecule has 0 spiro atoms. The maximum atomic E-state index is 12.7. The monoisotopic (exact) mass is 299 g/mol. The second-order valence-electron chi connectivity index (χ2n) is 4.97. The number of rotatable bonds is 3. The zero-order valence-corrected chi connectivity index (χ0v) is 11.1. The Morgan fingerprint density at radius 2 is 2.14 bits per heavy atom. The maximum Gasteiger partial charge on any atom is 0.433 e. The molecule has 1 aromatic heterocycles. The van der Waals surface area contributed by atoms with E-state index in [0.29, 0.717) is 0 Å². The summed E-state index contributed by atoms with van der Waals surface area (Å²) < 4.78 is 38.0. The number of aromatic nitrogens is 1. The van der Waals surface area contributed by atoms with Crippen molar-refractivity contribution in [1.29, 1.82) is 5.26 Å². The van der Waals surface area contributed by atoms with Crippen molar-refractivity contribution in [2.75, 3.05) is 18.0 Å². The van der Waals surface area contributed by atoms with Crippen LogP contribution >= 0.6 is 0 Å². The van der Waals surface area contributed by atoms with Crippen molar-refractivity contribution in [1.82, 2.24) is 4.98 Å². The molecular weight excluding hydrogens is 287 g/mol. The lowest BCUT2D eigenvalue weighted by molar-refractivity contribution is -0.143. The van der Waals surface area contributed by atoms with Crippen LogP contribution in [0.5, 0.6) is 0 Å². The van der Waals surface area contributed by atoms with Crippen molar-refractivity contribution in [3.63, 3.8) is 0 Å². The normalized spacial score (nSPS) is 17.0. The molecule has 2 heterocycles. The Bertz CT molecular complexity index is 604. The molecule has 0 radical (unpaired) electrons. The van der Waals surface area contributed by atoms with Crippen LogP contribution in [0.25, 0.3) is 0 Å². The van der Waals surface area contributed by atoms with Crippen molar-refractivity contribution in [2.24, 2.45) is 11.8 Å². The van der Waals surface area contributed by atoms with E-state index >= 15 is 0 Å². The predicted molar refractivity (Wildman–Crippen MR) is 66.5 cm³/mol. The molecule has 1 N–H and O–H groups in total. The first-order valence-corrected chi connectivity index (χ1v) is 6.20. The van der Waals surface area contributed by atoms with E-state index in [1.165, 1.54) is 4.90 Å². The molecule has 1 aromatic rings. The fourth-order valence-electron chi connectivity index (χ4n) is 2.14. The van der Waals surface area contributed by atoms with Gasteiger partial charge in [-0.3, -0.25) is 4.79 Å². The largest absolute Gasteiger partial charge is 0.481 e. The summed E-state index contributed by atoms with van der Waals surface area (Å²) in [6.45, 7) is 2.10. The van der Waals surface area contributed by atoms with Crippen LogP contribution in [0.1, 0.15) is 18.2 Å². The van der Waals surface area contributed by atoms with Gasteiger partial charge < -0.3 is 10.0 Å². The Kier molecular flexibility index (Phi) is 3.77. The molecule has 0 saturated carbocycles. The van der Waals surface area contributed by atoms with Crippen LogP contribution in [0.3, 0.4) is 0 Å². The highest BCUT2D eigenvalue weighted by Gasteiger charge is 2.38. The minimum absolute atomic E-state index is 0.0406. The summed E-state index contributed by atoms with van der Waals surface area (Å²) in [5.74, 6) is -1.73. The Morgan fingerprint density at radius 3 is 2.62 bits per heavy atom. The fourth-order valence-corrected chi connectivity index (χ4v) is 2.14. The van der Waals surface area contributed by atoms with E-state index in [4.69, 9.17) is 10.4 Å². The first kappa shape index (κ1) is 15.1. The lowest BCUT2D eigenvalue weighted by Crippen LogP contribution is -2.51. The Hall–Kier alpha value is -2.30. The van der Waals surface area contributed by atoms with Gasteiger partial charge in [-0.15, -0.1) is 0 Å². The number of carboxylic acids is 1. The second-order valence-corrected chi connectivity index (χ2v) is 4.97. The third-order valence-electron chi connectivity index (χ3n) is 3.59. The summed E-state index contributed by atoms with van der Waals surface area (Å²) in [7, 11) is 0. The lowest BCUT2D eigenvalue weighted by Gasteiger charge is -2.42. The fraction of sp³-hybridized carbons (Fsp3) is 0.462. The summed E-state index contributed by atoms with van der Waals surface area (Å²) in [6.07, 6.45) is -4.58. The van der Waals surface area contributed by atoms with Gasteiger partial charge in [0.15, 0.2) is 0 Å². The van der Waals surface area contributed by atoms with Crippen LogP contribution < -0.4 is 4.90 Å². The van der Waals surface area contributed by atoms with Crippen molar-refractivity contribution >= 4 is 11.8 Å². The molecule has 5 nitrogen and oxygen atoms in total. The van der Waals surface area contributed by atoms with Gasteiger partial charge in [0.1, 0.15) is 17.6 Å². The van der Waals surface area contributed by atoms with Gasteiger partial charge in [-0.05, 0) is 12.1 Å². The quantitative estimate of drug-likeness (QED) is 0.925. The molecule has 0 bridgehead atoms. The zero-order chi connectivity index (χ0) is 15.8. The molecule has 1 atom stereocenters. The number of carbonyl (C=O) groups is 1. The molecule has 0 amide bonds. The van der Waals surface area contributed by atoms with Gasteiger partial charge in [0.05, 0.1) is 11.5 Å². The number of nitrogens with zero attached hydrogens (tertiary/aromatic N) is 3. The van der Waals surface area contributed by atoms with Gasteiger partial charge >= 0.3 is 12.1 Å². The lowest BCUT2D eigenvalue weighted by atomic mass is 9.87. The summed E-state index contributed by atoms with van der Waals surface area (Å²) in [4.78, 5) is 15.9. The summed E-state index contributed by atoms with van der Waals surface area (Å²) >= 11 is 0. The van der Waals surface area contributed by atoms with E-state index in [1.807, 2.05) is 0 Å². The summed E-state index contributed by atoms with van der Waals surface area (Å²) in [5.41, 5.74) is -1.02. The molecule has 21 heavy (non-hydrogen) atoms. The average molecular weight is 299 g/mol. The van der Waals surface area contributed by atoms with E-state index in [0.717, 1.165) is 12.1 Å². The Balaban J connectivity index is 2.21. The highest BCUT2D eigenvalue weighted by molar-refractivity contribution is 5.70. The average Bonchev–Trinajstić information content (AvgIpc) is 2.35. The molecule has 0 aromatic carbocycles. The van der Waals surface area contributed by atoms with Crippen LogP contribution in [0, 0.1) is 23.2 Å². The van der Waals surface area contributed by atoms with Crippen LogP contribution in [-0.4, -0.2) is 29.1 Å². The van der Waals surface area contributed by atoms with E-state index < -0.39 is 23.8 Å². The van der Waals surface area contributed by atoms with Gasteiger partial charge in [0.25, 0.3) is 0 Å². The minimum Gasteiger partial charge on any atom is -0.481 e. The second kappa shape index (κ2) is 5.24. The van der Waals surface area contributed by atoms with Gasteiger partial charge in [-0.1, -0.05) is 6.92 Å². The smallest absolute Gasteiger partial charge is 0.433 e. The highest BCUT2D eigenvalue weighted by Crippen LogP contribution is 2.34. The molecule has 1 unspecified atom stereocenters. The molecule has 1 aliphatic rings. The van der Waals surface area contributed by atoms with E-state index in [9.17, 15) is 18.0 Å². The molecule has 1 aliphatic heterocycles. The van der Waals surface area contributed by atoms with E-state index in [1.54, 1.807) is 13.0 Å². The van der Waals surface area contributed by atoms with Crippen molar-refractivity contribution in [3.8, 4) is 6.07 Å². The highest BCUT2D eigenvalue weighted by atomic mass is 19.4. The zero-order valence-electron chi connectivity index (χ0n) is 11.1. The van der Waals surface area contributed by atoms with Gasteiger partial charge in [0, 0.05) is 19.0 Å². The molecular formula is C13H12F3N3O2. The number of pyridine rings is 1. The summed E-state index contributed by atoms with van der Waals surface area (Å²) in [6, 6.07) is 3.65. The minimum atomic E-state index is -4.58. The Morgan fingerprint density at radius 1 is 1.52 bits per heavy atom. The maximum absolute atomic E-state index is 12.7. The number of hydrogen-bond acceptors (Lipinski definition) is 4. The topological polar surface area (TPSA) is 77.2 Å². The standard InChI is InChI=1S/C13H12F3N3O2/c1-7(12(20)21)9-5-19(6-9)11-8(4-17)2-3-10(18-11)13(14,15)16/h2-3,7,9H,5-6H2,1H3,(H,20,21). The molecule has 1 saturated heterocycles. The van der Waals surface area contributed by atoms with Crippen molar-refractivity contribution in [3.05, 3.63) is 23.4 Å². The van der Waals surface area contributed by atoms with Crippen LogP contribution in [0.15, 0.2) is 12.1 Å². The number of aliphatic carboxylic acids is 1. The van der Waals surface area contributed by atoms with Gasteiger partial charge in [-0.2, -0.15) is 18.4 Å². The van der Waals surface area contributed by atoms with E-state index in [2.05, 4.69) is 4.98 Å². The molecule has 8 heteroatoms. The molecule has 1 fully saturated rings. The molecule has 0 aliphatic carbocycles. The first-order chi connectivity index (χ1) is 9.74.